The van der Waals surface area contributed by atoms with E-state index in [-0.39, 0.29) is 48.2 Å². The third kappa shape index (κ3) is 11.4. The molecule has 2 aromatic carbocycles. The zero-order valence-electron chi connectivity index (χ0n) is 34.5. The number of ether oxygens (including phenoxy) is 2. The molecule has 2 aliphatic rings. The predicted molar refractivity (Wildman–Crippen MR) is 233 cm³/mol. The number of hydrogen-bond acceptors (Lipinski definition) is 13. The molecule has 0 unspecified atom stereocenters. The highest BCUT2D eigenvalue weighted by Gasteiger charge is 2.61. The first-order chi connectivity index (χ1) is 29.2. The van der Waals surface area contributed by atoms with Gasteiger partial charge in [-0.25, -0.2) is 23.1 Å². The molecule has 2 fully saturated rings. The summed E-state index contributed by atoms with van der Waals surface area (Å²) in [7, 11) is -2.92. The Labute approximate surface area is 359 Å². The highest BCUT2D eigenvalue weighted by molar-refractivity contribution is 7.90. The standard InChI is InChI=1S/C43H53N7O9S2/c1-5-27-23-43(27,41(55)50-61(56,57)37-15-13-12-14-31(37)47-38(51)16-10-8-6-7-9-11-17-39(52)53)49-40(54)34-21-29(24-44-34)59-36-22-33(35-25-60-42(48-35)45-26(2)3)46-32-20-28(58-4)18-19-30(32)36/h5,12-15,18-20,22,25-27,29,34,44H,1,6-11,16-17,21,23-24H2,2-4H3,(H,45,48)(H,47,51)(H,49,54)(H,50,55)(H,52,53)/t27-,29-,34+,43+/m1/s1. The number of sulfonamides is 1. The molecule has 1 saturated heterocycles. The van der Waals surface area contributed by atoms with Crippen molar-refractivity contribution in [3.63, 3.8) is 0 Å². The number of benzene rings is 2. The van der Waals surface area contributed by atoms with Crippen molar-refractivity contribution in [1.29, 1.82) is 0 Å². The van der Waals surface area contributed by atoms with Crippen molar-refractivity contribution in [2.75, 3.05) is 24.3 Å². The first-order valence-corrected chi connectivity index (χ1v) is 22.8. The maximum Gasteiger partial charge on any atom is 0.303 e. The summed E-state index contributed by atoms with van der Waals surface area (Å²) >= 11 is 1.47. The van der Waals surface area contributed by atoms with Crippen LogP contribution in [0.2, 0.25) is 0 Å². The molecule has 1 aliphatic heterocycles. The van der Waals surface area contributed by atoms with Gasteiger partial charge in [0.1, 0.15) is 33.7 Å². The number of amides is 3. The van der Waals surface area contributed by atoms with Crippen molar-refractivity contribution in [2.45, 2.75) is 107 Å². The Balaban J connectivity index is 1.07. The Morgan fingerprint density at radius 2 is 1.75 bits per heavy atom. The summed E-state index contributed by atoms with van der Waals surface area (Å²) < 4.78 is 41.5. The second kappa shape index (κ2) is 19.9. The van der Waals surface area contributed by atoms with Gasteiger partial charge in [-0.15, -0.1) is 17.9 Å². The van der Waals surface area contributed by atoms with Crippen LogP contribution < -0.4 is 35.5 Å². The number of fused-ring (bicyclic) bond motifs is 1. The lowest BCUT2D eigenvalue weighted by Crippen LogP contribution is -2.55. The number of pyridine rings is 1. The molecular weight excluding hydrogens is 823 g/mol. The van der Waals surface area contributed by atoms with Crippen molar-refractivity contribution >= 4 is 66.8 Å². The van der Waals surface area contributed by atoms with Gasteiger partial charge in [0.05, 0.1) is 30.0 Å². The normalized spacial score (nSPS) is 19.6. The number of aliphatic carboxylic acids is 1. The Morgan fingerprint density at radius 3 is 2.46 bits per heavy atom. The average molecular weight is 876 g/mol. The molecule has 1 aliphatic carbocycles. The van der Waals surface area contributed by atoms with Gasteiger partial charge < -0.3 is 35.8 Å². The fourth-order valence-electron chi connectivity index (χ4n) is 7.30. The predicted octanol–water partition coefficient (Wildman–Crippen LogP) is 6.01. The monoisotopic (exact) mass is 875 g/mol. The molecule has 4 atom stereocenters. The Morgan fingerprint density at radius 1 is 1.02 bits per heavy atom. The number of nitrogens with one attached hydrogen (secondary N) is 5. The number of para-hydroxylation sites is 1. The molecular formula is C43H53N7O9S2. The van der Waals surface area contributed by atoms with Crippen LogP contribution in [0.1, 0.15) is 78.1 Å². The number of carbonyl (C=O) groups excluding carboxylic acids is 3. The van der Waals surface area contributed by atoms with Crippen molar-refractivity contribution in [2.24, 2.45) is 5.92 Å². The number of thiazole rings is 1. The van der Waals surface area contributed by atoms with E-state index in [1.165, 1.54) is 35.6 Å². The van der Waals surface area contributed by atoms with Crippen LogP contribution in [-0.4, -0.2) is 84.6 Å². The van der Waals surface area contributed by atoms with E-state index in [0.717, 1.165) is 36.2 Å². The Hall–Kier alpha value is -5.59. The number of unbranched alkanes of at least 4 members (excludes halogenated alkanes) is 5. The van der Waals surface area contributed by atoms with E-state index in [4.69, 9.17) is 24.5 Å². The van der Waals surface area contributed by atoms with Crippen LogP contribution >= 0.6 is 11.3 Å². The minimum atomic E-state index is -4.50. The maximum absolute atomic E-state index is 13.8. The number of rotatable bonds is 22. The molecule has 16 nitrogen and oxygen atoms in total. The first kappa shape index (κ1) is 44.9. The van der Waals surface area contributed by atoms with Crippen molar-refractivity contribution in [1.82, 2.24) is 25.3 Å². The van der Waals surface area contributed by atoms with Gasteiger partial charge in [-0.1, -0.05) is 43.9 Å². The van der Waals surface area contributed by atoms with Gasteiger partial charge in [0.2, 0.25) is 11.8 Å². The second-order valence-corrected chi connectivity index (χ2v) is 18.2. The van der Waals surface area contributed by atoms with Crippen LogP contribution in [0.25, 0.3) is 22.3 Å². The maximum atomic E-state index is 13.8. The highest BCUT2D eigenvalue weighted by Crippen LogP contribution is 2.45. The molecule has 2 aromatic heterocycles. The summed E-state index contributed by atoms with van der Waals surface area (Å²) in [6, 6.07) is 12.6. The van der Waals surface area contributed by atoms with Crippen molar-refractivity contribution < 1.29 is 42.2 Å². The smallest absolute Gasteiger partial charge is 0.303 e. The summed E-state index contributed by atoms with van der Waals surface area (Å²) in [6.45, 7) is 8.19. The third-order valence-corrected chi connectivity index (χ3v) is 12.8. The molecule has 4 aromatic rings. The van der Waals surface area contributed by atoms with Crippen LogP contribution in [0.3, 0.4) is 0 Å². The summed E-state index contributed by atoms with van der Waals surface area (Å²) in [6.07, 6.45) is 6.26. The number of carboxylic acid groups (broad SMARTS) is 1. The third-order valence-electron chi connectivity index (χ3n) is 10.6. The zero-order valence-corrected chi connectivity index (χ0v) is 36.1. The van der Waals surface area contributed by atoms with E-state index in [2.05, 4.69) is 32.6 Å². The molecule has 1 saturated carbocycles. The molecule has 0 spiro atoms. The van der Waals surface area contributed by atoms with Gasteiger partial charge in [0, 0.05) is 60.7 Å². The average Bonchev–Trinajstić information content (AvgIpc) is 3.47. The lowest BCUT2D eigenvalue weighted by molar-refractivity contribution is -0.137. The van der Waals surface area contributed by atoms with E-state index in [0.29, 0.717) is 47.8 Å². The molecule has 18 heteroatoms. The molecule has 61 heavy (non-hydrogen) atoms. The lowest BCUT2D eigenvalue weighted by atomic mass is 10.1. The van der Waals surface area contributed by atoms with E-state index in [1.54, 1.807) is 13.2 Å². The van der Waals surface area contributed by atoms with Crippen LogP contribution in [0, 0.1) is 5.92 Å². The number of aromatic nitrogens is 2. The van der Waals surface area contributed by atoms with Crippen LogP contribution in [-0.2, 0) is 29.2 Å². The van der Waals surface area contributed by atoms with Crippen molar-refractivity contribution in [3.05, 3.63) is 66.6 Å². The van der Waals surface area contributed by atoms with Crippen LogP contribution in [0.5, 0.6) is 11.5 Å². The van der Waals surface area contributed by atoms with Gasteiger partial charge >= 0.3 is 5.97 Å². The summed E-state index contributed by atoms with van der Waals surface area (Å²) in [4.78, 5) is 60.3. The molecule has 326 valence electrons. The highest BCUT2D eigenvalue weighted by atomic mass is 32.2. The quantitative estimate of drug-likeness (QED) is 0.0394. The largest absolute Gasteiger partial charge is 0.497 e. The Kier molecular flexibility index (Phi) is 14.6. The van der Waals surface area contributed by atoms with Crippen LogP contribution in [0.4, 0.5) is 10.8 Å². The fourth-order valence-corrected chi connectivity index (χ4v) is 9.36. The zero-order chi connectivity index (χ0) is 43.7. The second-order valence-electron chi connectivity index (χ2n) is 15.7. The van der Waals surface area contributed by atoms with E-state index >= 15 is 0 Å². The van der Waals surface area contributed by atoms with Gasteiger partial charge in [0.25, 0.3) is 15.9 Å². The molecule has 6 N–H and O–H groups in total. The number of nitrogens with zero attached hydrogens (tertiary/aromatic N) is 2. The lowest BCUT2D eigenvalue weighted by Gasteiger charge is -2.21. The van der Waals surface area contributed by atoms with Gasteiger partial charge in [0.15, 0.2) is 5.13 Å². The van der Waals surface area contributed by atoms with Gasteiger partial charge in [-0.3, -0.25) is 19.2 Å². The van der Waals surface area contributed by atoms with E-state index in [9.17, 15) is 27.6 Å². The molecule has 3 heterocycles. The first-order valence-electron chi connectivity index (χ1n) is 20.4. The molecule has 0 bridgehead atoms. The summed E-state index contributed by atoms with van der Waals surface area (Å²) in [5.74, 6) is -1.94. The number of hydrogen-bond donors (Lipinski definition) is 6. The topological polar surface area (TPSA) is 227 Å². The minimum Gasteiger partial charge on any atom is -0.497 e. The number of methoxy groups -OCH3 is 1. The summed E-state index contributed by atoms with van der Waals surface area (Å²) in [5, 5.41) is 24.2. The van der Waals surface area contributed by atoms with E-state index < -0.39 is 51.4 Å². The van der Waals surface area contributed by atoms with E-state index in [1.807, 2.05) is 43.5 Å². The van der Waals surface area contributed by atoms with Gasteiger partial charge in [-0.05, 0) is 57.4 Å². The molecule has 0 radical (unpaired) electrons. The molecule has 6 rings (SSSR count). The number of anilines is 2. The Bertz CT molecular complexity index is 2370. The minimum absolute atomic E-state index is 0.0181. The van der Waals surface area contributed by atoms with Crippen molar-refractivity contribution in [3.8, 4) is 22.9 Å². The number of carboxylic acids is 1. The SMILES string of the molecule is C=C[C@@H]1C[C@@]1(NC(=O)[C@@H]1C[C@@H](Oc2cc(-c3csc(NC(C)C)n3)nc3cc(OC)ccc23)CN1)C(=O)NS(=O)(=O)c1ccccc1NC(=O)CCCCCCCCC(=O)O. The number of carbonyl (C=O) groups is 4. The molecule has 3 amide bonds. The fraction of sp³-hybridized carbons (Fsp3) is 0.442. The van der Waals surface area contributed by atoms with Crippen LogP contribution in [0.15, 0.2) is 71.5 Å². The summed E-state index contributed by atoms with van der Waals surface area (Å²) in [5.41, 5.74) is 0.394. The van der Waals surface area contributed by atoms with Gasteiger partial charge in [-0.2, -0.15) is 0 Å².